The van der Waals surface area contributed by atoms with Crippen LogP contribution in [0.1, 0.15) is 52.1 Å². The van der Waals surface area contributed by atoms with Crippen LogP contribution in [0.5, 0.6) is 11.5 Å². The number of hydrogen-bond donors (Lipinski definition) is 1. The third-order valence-electron chi connectivity index (χ3n) is 6.61. The van der Waals surface area contributed by atoms with E-state index in [0.29, 0.717) is 37.3 Å². The van der Waals surface area contributed by atoms with Crippen LogP contribution in [0.15, 0.2) is 91.0 Å². The van der Waals surface area contributed by atoms with Crippen molar-refractivity contribution in [3.05, 3.63) is 108 Å². The van der Waals surface area contributed by atoms with Gasteiger partial charge in [0.05, 0.1) is 17.7 Å². The van der Waals surface area contributed by atoms with Crippen LogP contribution in [0.3, 0.4) is 0 Å². The third-order valence-corrected chi connectivity index (χ3v) is 6.61. The van der Waals surface area contributed by atoms with Gasteiger partial charge in [0.15, 0.2) is 11.6 Å². The molecule has 4 aromatic rings. The second-order valence-corrected chi connectivity index (χ2v) is 9.08. The average Bonchev–Trinajstić information content (AvgIpc) is 2.92. The van der Waals surface area contributed by atoms with Gasteiger partial charge in [0.2, 0.25) is 0 Å². The molecule has 0 saturated carbocycles. The van der Waals surface area contributed by atoms with Crippen molar-refractivity contribution in [2.24, 2.45) is 0 Å². The van der Waals surface area contributed by atoms with Crippen LogP contribution in [0.2, 0.25) is 0 Å². The van der Waals surface area contributed by atoms with E-state index in [2.05, 4.69) is 54.7 Å². The molecule has 2 heterocycles. The number of hydrogen-bond acceptors (Lipinski definition) is 5. The molecule has 5 heteroatoms. The summed E-state index contributed by atoms with van der Waals surface area (Å²) in [6.45, 7) is 3.32. The van der Waals surface area contributed by atoms with Crippen LogP contribution < -0.4 is 14.8 Å². The van der Waals surface area contributed by atoms with Crippen molar-refractivity contribution in [3.8, 4) is 11.5 Å². The van der Waals surface area contributed by atoms with Gasteiger partial charge in [-0.05, 0) is 47.5 Å². The predicted octanol–water partition coefficient (Wildman–Crippen LogP) is 6.18. The largest absolute Gasteiger partial charge is 0.492 e. The van der Waals surface area contributed by atoms with Crippen LogP contribution in [0.4, 0.5) is 0 Å². The van der Waals surface area contributed by atoms with Crippen LogP contribution in [-0.2, 0) is 0 Å². The second kappa shape index (κ2) is 10.8. The molecule has 36 heavy (non-hydrogen) atoms. The number of nitrogens with one attached hydrogen (secondary N) is 1. The number of fused-ring (bicyclic) bond motifs is 3. The summed E-state index contributed by atoms with van der Waals surface area (Å²) in [5, 5.41) is 6.04. The number of Topliss-reactive ketones (excluding diaryl/α,β-unsaturated/α-hetero) is 2. The smallest absolute Gasteiger partial charge is 0.170 e. The lowest BCUT2D eigenvalue weighted by molar-refractivity contribution is 0.0845. The molecule has 5 nitrogen and oxygen atoms in total. The Labute approximate surface area is 211 Å². The molecule has 0 saturated heterocycles. The fourth-order valence-electron chi connectivity index (χ4n) is 4.71. The first-order valence-corrected chi connectivity index (χ1v) is 12.3. The lowest BCUT2D eigenvalue weighted by Crippen LogP contribution is -2.37. The van der Waals surface area contributed by atoms with E-state index in [-0.39, 0.29) is 23.7 Å². The normalized spacial score (nSPS) is 17.1. The SMILES string of the molecule is CC(NC[C@H]1CC(=O)c2ccccc2O1)c1cccc2ccccc12.O=C1CCOc2ccccc21. The van der Waals surface area contributed by atoms with E-state index in [4.69, 9.17) is 9.47 Å². The van der Waals surface area contributed by atoms with Gasteiger partial charge < -0.3 is 14.8 Å². The first-order valence-electron chi connectivity index (χ1n) is 12.3. The zero-order chi connectivity index (χ0) is 24.9. The first-order chi connectivity index (χ1) is 17.6. The maximum Gasteiger partial charge on any atom is 0.170 e. The molecule has 182 valence electrons. The van der Waals surface area contributed by atoms with Gasteiger partial charge in [-0.1, -0.05) is 66.7 Å². The van der Waals surface area contributed by atoms with Crippen LogP contribution in [0, 0.1) is 0 Å². The van der Waals surface area contributed by atoms with Crippen molar-refractivity contribution in [2.75, 3.05) is 13.2 Å². The van der Waals surface area contributed by atoms with Gasteiger partial charge in [-0.2, -0.15) is 0 Å². The summed E-state index contributed by atoms with van der Waals surface area (Å²) < 4.78 is 11.3. The molecule has 0 amide bonds. The van der Waals surface area contributed by atoms with E-state index in [1.54, 1.807) is 6.07 Å². The van der Waals surface area contributed by atoms with E-state index < -0.39 is 0 Å². The summed E-state index contributed by atoms with van der Waals surface area (Å²) in [4.78, 5) is 23.5. The summed E-state index contributed by atoms with van der Waals surface area (Å²) in [5.74, 6) is 1.77. The van der Waals surface area contributed by atoms with Crippen molar-refractivity contribution in [2.45, 2.75) is 31.9 Å². The first kappa shape index (κ1) is 23.8. The molecule has 6 rings (SSSR count). The number of ketones is 2. The monoisotopic (exact) mass is 479 g/mol. The van der Waals surface area contributed by atoms with Gasteiger partial charge in [0.25, 0.3) is 0 Å². The fraction of sp³-hybridized carbons (Fsp3) is 0.226. The zero-order valence-corrected chi connectivity index (χ0v) is 20.3. The standard InChI is InChI=1S/C22H21NO2.C9H8O2/c1-15(18-11-6-8-16-7-2-3-9-19(16)18)23-14-17-13-21(24)20-10-4-5-12-22(20)25-17;10-8-5-6-11-9-4-2-1-3-7(8)9/h2-12,15,17,23H,13-14H2,1H3;1-4H,5-6H2/t15?,17-;/m1./s1. The van der Waals surface area contributed by atoms with Gasteiger partial charge in [-0.3, -0.25) is 9.59 Å². The average molecular weight is 480 g/mol. The van der Waals surface area contributed by atoms with Crippen LogP contribution in [-0.4, -0.2) is 30.8 Å². The van der Waals surface area contributed by atoms with Gasteiger partial charge in [-0.25, -0.2) is 0 Å². The van der Waals surface area contributed by atoms with Crippen molar-refractivity contribution in [1.29, 1.82) is 0 Å². The van der Waals surface area contributed by atoms with Gasteiger partial charge in [0.1, 0.15) is 17.6 Å². The van der Waals surface area contributed by atoms with E-state index >= 15 is 0 Å². The molecular formula is C31H29NO4. The molecule has 0 fully saturated rings. The highest BCUT2D eigenvalue weighted by molar-refractivity contribution is 6.00. The van der Waals surface area contributed by atoms with E-state index in [1.807, 2.05) is 42.5 Å². The minimum atomic E-state index is -0.125. The van der Waals surface area contributed by atoms with Crippen molar-refractivity contribution >= 4 is 22.3 Å². The summed E-state index contributed by atoms with van der Waals surface area (Å²) in [6.07, 6.45) is 0.809. The summed E-state index contributed by atoms with van der Waals surface area (Å²) in [7, 11) is 0. The molecule has 1 N–H and O–H groups in total. The van der Waals surface area contributed by atoms with Crippen molar-refractivity contribution in [3.63, 3.8) is 0 Å². The van der Waals surface area contributed by atoms with E-state index in [9.17, 15) is 9.59 Å². The van der Waals surface area contributed by atoms with Gasteiger partial charge in [-0.15, -0.1) is 0 Å². The Hall–Kier alpha value is -3.96. The second-order valence-electron chi connectivity index (χ2n) is 9.08. The molecule has 2 atom stereocenters. The minimum Gasteiger partial charge on any atom is -0.492 e. The van der Waals surface area contributed by atoms with E-state index in [0.717, 1.165) is 11.3 Å². The highest BCUT2D eigenvalue weighted by Crippen LogP contribution is 2.28. The molecule has 0 radical (unpaired) electrons. The Morgan fingerprint density at radius 3 is 2.28 bits per heavy atom. The molecule has 1 unspecified atom stereocenters. The predicted molar refractivity (Wildman–Crippen MR) is 141 cm³/mol. The number of para-hydroxylation sites is 2. The Balaban J connectivity index is 0.000000202. The maximum atomic E-state index is 12.3. The summed E-state index contributed by atoms with van der Waals surface area (Å²) in [5.41, 5.74) is 2.68. The van der Waals surface area contributed by atoms with Crippen LogP contribution >= 0.6 is 0 Å². The lowest BCUT2D eigenvalue weighted by Gasteiger charge is -2.27. The Bertz CT molecular complexity index is 1390. The molecule has 0 bridgehead atoms. The highest BCUT2D eigenvalue weighted by atomic mass is 16.5. The Morgan fingerprint density at radius 1 is 0.806 bits per heavy atom. The number of benzene rings is 4. The molecular weight excluding hydrogens is 450 g/mol. The Kier molecular flexibility index (Phi) is 7.10. The lowest BCUT2D eigenvalue weighted by atomic mass is 9.98. The van der Waals surface area contributed by atoms with Gasteiger partial charge >= 0.3 is 0 Å². The minimum absolute atomic E-state index is 0.125. The molecule has 0 aromatic heterocycles. The quantitative estimate of drug-likeness (QED) is 0.379. The Morgan fingerprint density at radius 2 is 1.47 bits per heavy atom. The highest BCUT2D eigenvalue weighted by Gasteiger charge is 2.26. The molecule has 2 aliphatic rings. The zero-order valence-electron chi connectivity index (χ0n) is 20.3. The van der Waals surface area contributed by atoms with Crippen molar-refractivity contribution in [1.82, 2.24) is 5.32 Å². The molecule has 4 aromatic carbocycles. The number of carbonyl (C=O) groups is 2. The van der Waals surface area contributed by atoms with Gasteiger partial charge in [0, 0.05) is 25.4 Å². The van der Waals surface area contributed by atoms with Crippen LogP contribution in [0.25, 0.3) is 10.8 Å². The molecule has 0 aliphatic carbocycles. The maximum absolute atomic E-state index is 12.3. The molecule has 0 spiro atoms. The third kappa shape index (κ3) is 5.16. The number of rotatable bonds is 4. The molecule has 2 aliphatic heterocycles. The number of ether oxygens (including phenoxy) is 2. The van der Waals surface area contributed by atoms with E-state index in [1.165, 1.54) is 16.3 Å². The fourth-order valence-corrected chi connectivity index (χ4v) is 4.71. The topological polar surface area (TPSA) is 64.6 Å². The summed E-state index contributed by atoms with van der Waals surface area (Å²) in [6, 6.07) is 29.8. The summed E-state index contributed by atoms with van der Waals surface area (Å²) >= 11 is 0. The number of carbonyl (C=O) groups excluding carboxylic acids is 2. The van der Waals surface area contributed by atoms with Crippen molar-refractivity contribution < 1.29 is 19.1 Å².